The predicted molar refractivity (Wildman–Crippen MR) is 74.1 cm³/mol. The summed E-state index contributed by atoms with van der Waals surface area (Å²) in [6.07, 6.45) is 4.50. The summed E-state index contributed by atoms with van der Waals surface area (Å²) in [7, 11) is 1.50. The van der Waals surface area contributed by atoms with Gasteiger partial charge >= 0.3 is 0 Å². The maximum Gasteiger partial charge on any atom is 0.171 e. The van der Waals surface area contributed by atoms with Gasteiger partial charge in [0.2, 0.25) is 0 Å². The first-order chi connectivity index (χ1) is 10.3. The Morgan fingerprint density at radius 3 is 3.24 bits per heavy atom. The third-order valence-corrected chi connectivity index (χ3v) is 3.07. The van der Waals surface area contributed by atoms with Crippen molar-refractivity contribution in [3.05, 3.63) is 36.4 Å². The SMILES string of the molecule is COc1cccc(/C=N/NC2OC2Cn2cncn2)c1O. The summed E-state index contributed by atoms with van der Waals surface area (Å²) < 4.78 is 12.1. The molecule has 1 aromatic heterocycles. The molecular formula is C13H15N5O3. The van der Waals surface area contributed by atoms with Crippen LogP contribution < -0.4 is 10.2 Å². The number of methoxy groups -OCH3 is 1. The Kier molecular flexibility index (Phi) is 3.69. The van der Waals surface area contributed by atoms with E-state index in [0.29, 0.717) is 17.9 Å². The van der Waals surface area contributed by atoms with E-state index in [4.69, 9.17) is 9.47 Å². The Morgan fingerprint density at radius 2 is 2.48 bits per heavy atom. The predicted octanol–water partition coefficient (Wildman–Crippen LogP) is 0.341. The van der Waals surface area contributed by atoms with Crippen molar-refractivity contribution in [2.75, 3.05) is 7.11 Å². The maximum atomic E-state index is 9.90. The molecule has 1 fully saturated rings. The number of aromatic nitrogens is 3. The molecule has 1 aliphatic heterocycles. The van der Waals surface area contributed by atoms with Crippen LogP contribution >= 0.6 is 0 Å². The highest BCUT2D eigenvalue weighted by molar-refractivity contribution is 5.84. The molecule has 0 amide bonds. The monoisotopic (exact) mass is 289 g/mol. The highest BCUT2D eigenvalue weighted by Crippen LogP contribution is 2.28. The van der Waals surface area contributed by atoms with Crippen LogP contribution in [0.3, 0.4) is 0 Å². The molecule has 1 aliphatic rings. The number of hydrazone groups is 1. The number of ether oxygens (including phenoxy) is 2. The van der Waals surface area contributed by atoms with Gasteiger partial charge in [-0.25, -0.2) is 4.98 Å². The van der Waals surface area contributed by atoms with Crippen LogP contribution in [-0.2, 0) is 11.3 Å². The van der Waals surface area contributed by atoms with E-state index in [2.05, 4.69) is 20.6 Å². The zero-order chi connectivity index (χ0) is 14.7. The zero-order valence-electron chi connectivity index (χ0n) is 11.4. The molecule has 8 heteroatoms. The van der Waals surface area contributed by atoms with Gasteiger partial charge in [-0.05, 0) is 12.1 Å². The lowest BCUT2D eigenvalue weighted by atomic mass is 10.2. The first-order valence-corrected chi connectivity index (χ1v) is 6.40. The highest BCUT2D eigenvalue weighted by Gasteiger charge is 2.39. The van der Waals surface area contributed by atoms with E-state index < -0.39 is 0 Å². The second-order valence-electron chi connectivity index (χ2n) is 4.50. The second-order valence-corrected chi connectivity index (χ2v) is 4.50. The Labute approximate surface area is 121 Å². The summed E-state index contributed by atoms with van der Waals surface area (Å²) in [5, 5.41) is 18.0. The molecule has 0 aliphatic carbocycles. The first-order valence-electron chi connectivity index (χ1n) is 6.40. The molecule has 3 rings (SSSR count). The third-order valence-electron chi connectivity index (χ3n) is 3.07. The van der Waals surface area contributed by atoms with Gasteiger partial charge in [-0.3, -0.25) is 10.1 Å². The molecule has 1 saturated heterocycles. The lowest BCUT2D eigenvalue weighted by molar-refractivity contribution is 0.332. The topological polar surface area (TPSA) is 97.1 Å². The average molecular weight is 289 g/mol. The Hall–Kier alpha value is -2.61. The van der Waals surface area contributed by atoms with E-state index in [1.54, 1.807) is 29.2 Å². The van der Waals surface area contributed by atoms with Crippen LogP contribution in [0.25, 0.3) is 0 Å². The summed E-state index contributed by atoms with van der Waals surface area (Å²) in [5.74, 6) is 0.465. The van der Waals surface area contributed by atoms with Crippen molar-refractivity contribution in [1.82, 2.24) is 20.2 Å². The van der Waals surface area contributed by atoms with Gasteiger partial charge in [0.05, 0.1) is 19.9 Å². The molecule has 0 saturated carbocycles. The molecule has 0 spiro atoms. The van der Waals surface area contributed by atoms with Crippen molar-refractivity contribution < 1.29 is 14.6 Å². The summed E-state index contributed by atoms with van der Waals surface area (Å²) in [4.78, 5) is 3.86. The number of phenolic OH excluding ortho intramolecular Hbond substituents is 1. The Morgan fingerprint density at radius 1 is 1.57 bits per heavy atom. The van der Waals surface area contributed by atoms with Gasteiger partial charge in [0.15, 0.2) is 17.7 Å². The second kappa shape index (κ2) is 5.80. The standard InChI is InChI=1S/C13H15N5O3/c1-20-10-4-2-3-9(12(10)19)5-15-17-13-11(21-13)6-18-8-14-7-16-18/h2-5,7-8,11,13,17,19H,6H2,1H3/b15-5+. The average Bonchev–Trinajstić information content (AvgIpc) is 3.00. The number of nitrogens with one attached hydrogen (secondary N) is 1. The number of hydrogen-bond acceptors (Lipinski definition) is 7. The molecule has 21 heavy (non-hydrogen) atoms. The number of rotatable bonds is 6. The molecular weight excluding hydrogens is 274 g/mol. The van der Waals surface area contributed by atoms with Crippen LogP contribution in [-0.4, -0.2) is 45.5 Å². The fourth-order valence-electron chi connectivity index (χ4n) is 1.90. The van der Waals surface area contributed by atoms with Crippen LogP contribution in [0.5, 0.6) is 11.5 Å². The summed E-state index contributed by atoms with van der Waals surface area (Å²) in [6.45, 7) is 0.623. The third kappa shape index (κ3) is 3.11. The van der Waals surface area contributed by atoms with Crippen molar-refractivity contribution in [1.29, 1.82) is 0 Å². The van der Waals surface area contributed by atoms with Crippen LogP contribution in [0.1, 0.15) is 5.56 Å². The van der Waals surface area contributed by atoms with Crippen molar-refractivity contribution >= 4 is 6.21 Å². The number of para-hydroxylation sites is 1. The Balaban J connectivity index is 1.52. The molecule has 2 aromatic rings. The van der Waals surface area contributed by atoms with Crippen LogP contribution in [0, 0.1) is 0 Å². The Bertz CT molecular complexity index is 629. The van der Waals surface area contributed by atoms with Gasteiger partial charge in [-0.1, -0.05) is 6.07 Å². The molecule has 0 bridgehead atoms. The fraction of sp³-hybridized carbons (Fsp3) is 0.308. The lowest BCUT2D eigenvalue weighted by Gasteiger charge is -2.04. The number of epoxide rings is 1. The molecule has 1 aromatic carbocycles. The smallest absolute Gasteiger partial charge is 0.171 e. The largest absolute Gasteiger partial charge is 0.504 e. The first kappa shape index (κ1) is 13.4. The van der Waals surface area contributed by atoms with Crippen molar-refractivity contribution in [2.45, 2.75) is 18.9 Å². The summed E-state index contributed by atoms with van der Waals surface area (Å²) >= 11 is 0. The number of hydrogen-bond donors (Lipinski definition) is 2. The fourth-order valence-corrected chi connectivity index (χ4v) is 1.90. The maximum absolute atomic E-state index is 9.90. The van der Waals surface area contributed by atoms with Gasteiger partial charge in [-0.15, -0.1) is 0 Å². The van der Waals surface area contributed by atoms with E-state index in [1.165, 1.54) is 19.7 Å². The summed E-state index contributed by atoms with van der Waals surface area (Å²) in [5.41, 5.74) is 3.43. The van der Waals surface area contributed by atoms with Crippen molar-refractivity contribution in [3.63, 3.8) is 0 Å². The number of nitrogens with zero attached hydrogens (tertiary/aromatic N) is 4. The molecule has 2 unspecified atom stereocenters. The quantitative estimate of drug-likeness (QED) is 0.452. The lowest BCUT2D eigenvalue weighted by Crippen LogP contribution is -2.16. The number of aromatic hydroxyl groups is 1. The van der Waals surface area contributed by atoms with Gasteiger partial charge in [0.1, 0.15) is 18.8 Å². The highest BCUT2D eigenvalue weighted by atomic mass is 16.6. The van der Waals surface area contributed by atoms with Crippen LogP contribution in [0.2, 0.25) is 0 Å². The molecule has 2 N–H and O–H groups in total. The van der Waals surface area contributed by atoms with E-state index >= 15 is 0 Å². The van der Waals surface area contributed by atoms with Gasteiger partial charge in [-0.2, -0.15) is 10.2 Å². The van der Waals surface area contributed by atoms with Crippen molar-refractivity contribution in [3.8, 4) is 11.5 Å². The van der Waals surface area contributed by atoms with E-state index in [9.17, 15) is 5.11 Å². The molecule has 2 atom stereocenters. The zero-order valence-corrected chi connectivity index (χ0v) is 11.4. The van der Waals surface area contributed by atoms with Crippen LogP contribution in [0.4, 0.5) is 0 Å². The van der Waals surface area contributed by atoms with Crippen LogP contribution in [0.15, 0.2) is 36.0 Å². The number of benzene rings is 1. The molecule has 2 heterocycles. The van der Waals surface area contributed by atoms with E-state index in [0.717, 1.165) is 0 Å². The van der Waals surface area contributed by atoms with Crippen molar-refractivity contribution in [2.24, 2.45) is 5.10 Å². The molecule has 110 valence electrons. The minimum atomic E-state index is -0.154. The van der Waals surface area contributed by atoms with Gasteiger partial charge in [0, 0.05) is 5.56 Å². The van der Waals surface area contributed by atoms with E-state index in [1.807, 2.05) is 0 Å². The van der Waals surface area contributed by atoms with Gasteiger partial charge < -0.3 is 14.6 Å². The molecule has 0 radical (unpaired) electrons. The molecule has 8 nitrogen and oxygen atoms in total. The minimum absolute atomic E-state index is 0.0164. The van der Waals surface area contributed by atoms with E-state index in [-0.39, 0.29) is 18.1 Å². The normalized spacial score (nSPS) is 20.6. The minimum Gasteiger partial charge on any atom is -0.504 e. The van der Waals surface area contributed by atoms with Gasteiger partial charge in [0.25, 0.3) is 0 Å². The number of phenols is 1. The summed E-state index contributed by atoms with van der Waals surface area (Å²) in [6, 6.07) is 5.20.